The normalized spacial score (nSPS) is 22.9. The lowest BCUT2D eigenvalue weighted by Gasteiger charge is -2.04. The third kappa shape index (κ3) is 2.32. The fraction of sp³-hybridized carbons (Fsp3) is 0.400. The fourth-order valence-corrected chi connectivity index (χ4v) is 2.39. The molecule has 2 nitrogen and oxygen atoms in total. The molecule has 88 valence electrons. The number of para-hydroxylation sites is 1. The first-order valence-electron chi connectivity index (χ1n) is 6.45. The maximum atomic E-state index is 4.66. The van der Waals surface area contributed by atoms with Crippen LogP contribution in [0.5, 0.6) is 0 Å². The Balaban J connectivity index is 1.69. The SMILES string of the molecule is CCC1CC1NCc1ccc2ccccc2n1. The van der Waals surface area contributed by atoms with E-state index in [4.69, 9.17) is 0 Å². The van der Waals surface area contributed by atoms with Crippen LogP contribution in [0.1, 0.15) is 25.5 Å². The van der Waals surface area contributed by atoms with Gasteiger partial charge in [-0.1, -0.05) is 37.6 Å². The Labute approximate surface area is 102 Å². The molecule has 2 atom stereocenters. The van der Waals surface area contributed by atoms with Crippen LogP contribution in [-0.4, -0.2) is 11.0 Å². The zero-order valence-corrected chi connectivity index (χ0v) is 10.2. The summed E-state index contributed by atoms with van der Waals surface area (Å²) in [6.07, 6.45) is 2.63. The number of hydrogen-bond donors (Lipinski definition) is 1. The van der Waals surface area contributed by atoms with Crippen LogP contribution < -0.4 is 5.32 Å². The fourth-order valence-electron chi connectivity index (χ4n) is 2.39. The Kier molecular flexibility index (Phi) is 2.81. The van der Waals surface area contributed by atoms with Crippen molar-refractivity contribution in [2.75, 3.05) is 0 Å². The quantitative estimate of drug-likeness (QED) is 0.866. The van der Waals surface area contributed by atoms with Crippen molar-refractivity contribution < 1.29 is 0 Å². The highest BCUT2D eigenvalue weighted by molar-refractivity contribution is 5.78. The van der Waals surface area contributed by atoms with E-state index in [0.29, 0.717) is 0 Å². The van der Waals surface area contributed by atoms with Crippen molar-refractivity contribution in [3.05, 3.63) is 42.1 Å². The van der Waals surface area contributed by atoms with E-state index < -0.39 is 0 Å². The lowest BCUT2D eigenvalue weighted by Crippen LogP contribution is -2.18. The summed E-state index contributed by atoms with van der Waals surface area (Å²) < 4.78 is 0. The largest absolute Gasteiger partial charge is 0.308 e. The highest BCUT2D eigenvalue weighted by Crippen LogP contribution is 2.33. The number of pyridine rings is 1. The number of hydrogen-bond acceptors (Lipinski definition) is 2. The van der Waals surface area contributed by atoms with Gasteiger partial charge in [0.2, 0.25) is 0 Å². The molecule has 1 aromatic carbocycles. The Morgan fingerprint density at radius 3 is 2.94 bits per heavy atom. The summed E-state index contributed by atoms with van der Waals surface area (Å²) in [7, 11) is 0. The summed E-state index contributed by atoms with van der Waals surface area (Å²) in [4.78, 5) is 4.66. The van der Waals surface area contributed by atoms with Crippen molar-refractivity contribution >= 4 is 10.9 Å². The lowest BCUT2D eigenvalue weighted by molar-refractivity contribution is 0.617. The van der Waals surface area contributed by atoms with Crippen LogP contribution >= 0.6 is 0 Å². The Morgan fingerprint density at radius 1 is 1.24 bits per heavy atom. The van der Waals surface area contributed by atoms with Gasteiger partial charge in [0.1, 0.15) is 0 Å². The number of nitrogens with one attached hydrogen (secondary N) is 1. The molecule has 0 spiro atoms. The van der Waals surface area contributed by atoms with Crippen LogP contribution in [0.2, 0.25) is 0 Å². The molecular weight excluding hydrogens is 208 g/mol. The molecule has 1 aromatic heterocycles. The number of fused-ring (bicyclic) bond motifs is 1. The number of nitrogens with zero attached hydrogens (tertiary/aromatic N) is 1. The number of benzene rings is 1. The highest BCUT2D eigenvalue weighted by atomic mass is 15.0. The summed E-state index contributed by atoms with van der Waals surface area (Å²) in [6.45, 7) is 3.16. The maximum absolute atomic E-state index is 4.66. The lowest BCUT2D eigenvalue weighted by atomic mass is 10.2. The van der Waals surface area contributed by atoms with Gasteiger partial charge in [-0.25, -0.2) is 0 Å². The van der Waals surface area contributed by atoms with Crippen LogP contribution in [0.3, 0.4) is 0 Å². The Bertz CT molecular complexity index is 521. The minimum Gasteiger partial charge on any atom is -0.308 e. The van der Waals surface area contributed by atoms with Crippen LogP contribution in [0.15, 0.2) is 36.4 Å². The molecule has 1 heterocycles. The minimum atomic E-state index is 0.730. The van der Waals surface area contributed by atoms with E-state index in [1.165, 1.54) is 18.2 Å². The zero-order valence-electron chi connectivity index (χ0n) is 10.2. The summed E-state index contributed by atoms with van der Waals surface area (Å²) >= 11 is 0. The van der Waals surface area contributed by atoms with Gasteiger partial charge in [0.05, 0.1) is 11.2 Å². The summed E-state index contributed by atoms with van der Waals surface area (Å²) in [6, 6.07) is 13.3. The molecule has 17 heavy (non-hydrogen) atoms. The smallest absolute Gasteiger partial charge is 0.0705 e. The van der Waals surface area contributed by atoms with Crippen molar-refractivity contribution in [2.45, 2.75) is 32.4 Å². The summed E-state index contributed by atoms with van der Waals surface area (Å²) in [5, 5.41) is 4.79. The average Bonchev–Trinajstić information content (AvgIpc) is 3.15. The molecule has 0 radical (unpaired) electrons. The van der Waals surface area contributed by atoms with Crippen molar-refractivity contribution in [3.8, 4) is 0 Å². The Morgan fingerprint density at radius 2 is 2.12 bits per heavy atom. The zero-order chi connectivity index (χ0) is 11.7. The molecule has 1 N–H and O–H groups in total. The first-order valence-corrected chi connectivity index (χ1v) is 6.45. The van der Waals surface area contributed by atoms with Gasteiger partial charge in [0.15, 0.2) is 0 Å². The first-order chi connectivity index (χ1) is 8.36. The van der Waals surface area contributed by atoms with Crippen LogP contribution in [0.4, 0.5) is 0 Å². The molecule has 1 aliphatic carbocycles. The van der Waals surface area contributed by atoms with Crippen molar-refractivity contribution in [1.29, 1.82) is 0 Å². The first kappa shape index (κ1) is 10.7. The molecule has 1 fully saturated rings. The van der Waals surface area contributed by atoms with Gasteiger partial charge < -0.3 is 5.32 Å². The van der Waals surface area contributed by atoms with Gasteiger partial charge in [-0.15, -0.1) is 0 Å². The molecule has 3 rings (SSSR count). The van der Waals surface area contributed by atoms with Crippen molar-refractivity contribution in [1.82, 2.24) is 10.3 Å². The molecule has 0 bridgehead atoms. The maximum Gasteiger partial charge on any atom is 0.0705 e. The van der Waals surface area contributed by atoms with Gasteiger partial charge in [0, 0.05) is 18.0 Å². The van der Waals surface area contributed by atoms with Gasteiger partial charge in [-0.2, -0.15) is 0 Å². The minimum absolute atomic E-state index is 0.730. The van der Waals surface area contributed by atoms with E-state index in [1.807, 2.05) is 6.07 Å². The van der Waals surface area contributed by atoms with Crippen LogP contribution in [0, 0.1) is 5.92 Å². The van der Waals surface area contributed by atoms with Crippen molar-refractivity contribution in [2.24, 2.45) is 5.92 Å². The highest BCUT2D eigenvalue weighted by Gasteiger charge is 2.34. The van der Waals surface area contributed by atoms with E-state index in [9.17, 15) is 0 Å². The van der Waals surface area contributed by atoms with E-state index in [2.05, 4.69) is 47.6 Å². The molecule has 2 aromatic rings. The third-order valence-electron chi connectivity index (χ3n) is 3.65. The summed E-state index contributed by atoms with van der Waals surface area (Å²) in [5.41, 5.74) is 2.24. The van der Waals surface area contributed by atoms with E-state index in [-0.39, 0.29) is 0 Å². The molecular formula is C15H18N2. The second kappa shape index (κ2) is 4.46. The average molecular weight is 226 g/mol. The predicted molar refractivity (Wildman–Crippen MR) is 70.8 cm³/mol. The molecule has 0 aliphatic heterocycles. The third-order valence-corrected chi connectivity index (χ3v) is 3.65. The number of aromatic nitrogens is 1. The Hall–Kier alpha value is -1.41. The van der Waals surface area contributed by atoms with Gasteiger partial charge in [0.25, 0.3) is 0 Å². The topological polar surface area (TPSA) is 24.9 Å². The molecule has 2 unspecified atom stereocenters. The van der Waals surface area contributed by atoms with Gasteiger partial charge >= 0.3 is 0 Å². The van der Waals surface area contributed by atoms with Gasteiger partial charge in [-0.05, 0) is 24.5 Å². The van der Waals surface area contributed by atoms with Gasteiger partial charge in [-0.3, -0.25) is 4.98 Å². The molecule has 1 saturated carbocycles. The van der Waals surface area contributed by atoms with E-state index in [0.717, 1.165) is 29.7 Å². The van der Waals surface area contributed by atoms with Crippen molar-refractivity contribution in [3.63, 3.8) is 0 Å². The molecule has 1 aliphatic rings. The predicted octanol–water partition coefficient (Wildman–Crippen LogP) is 3.12. The second-order valence-electron chi connectivity index (χ2n) is 4.89. The molecule has 0 amide bonds. The monoisotopic (exact) mass is 226 g/mol. The summed E-state index contributed by atoms with van der Waals surface area (Å²) in [5.74, 6) is 0.899. The van der Waals surface area contributed by atoms with Crippen LogP contribution in [0.25, 0.3) is 10.9 Å². The molecule has 2 heteroatoms. The second-order valence-corrected chi connectivity index (χ2v) is 4.89. The van der Waals surface area contributed by atoms with E-state index in [1.54, 1.807) is 0 Å². The van der Waals surface area contributed by atoms with E-state index >= 15 is 0 Å². The molecule has 0 saturated heterocycles. The van der Waals surface area contributed by atoms with Crippen LogP contribution in [-0.2, 0) is 6.54 Å². The standard InChI is InChI=1S/C15H18N2/c1-2-11-9-15(11)16-10-13-8-7-12-5-3-4-6-14(12)17-13/h3-8,11,15-16H,2,9-10H2,1H3. The number of rotatable bonds is 4.